The molecule has 0 atom stereocenters. The summed E-state index contributed by atoms with van der Waals surface area (Å²) >= 11 is 5.50. The highest BCUT2D eigenvalue weighted by atomic mass is 35.5. The number of aryl methyl sites for hydroxylation is 1. The molecule has 2 aromatic rings. The first-order valence-corrected chi connectivity index (χ1v) is 7.52. The van der Waals surface area contributed by atoms with Crippen molar-refractivity contribution in [1.29, 1.82) is 0 Å². The molecular formula is C13H13ClF4N6O2. The van der Waals surface area contributed by atoms with Crippen LogP contribution in [0.5, 0.6) is 0 Å². The van der Waals surface area contributed by atoms with E-state index >= 15 is 0 Å². The molecule has 0 fully saturated rings. The van der Waals surface area contributed by atoms with Crippen molar-refractivity contribution < 1.29 is 27.2 Å². The average Bonchev–Trinajstić information content (AvgIpc) is 3.08. The lowest BCUT2D eigenvalue weighted by atomic mass is 10.3. The Morgan fingerprint density at radius 3 is 2.42 bits per heavy atom. The molecule has 142 valence electrons. The van der Waals surface area contributed by atoms with Crippen LogP contribution in [0.3, 0.4) is 0 Å². The summed E-state index contributed by atoms with van der Waals surface area (Å²) in [6, 6.07) is 0. The molecule has 2 aromatic heterocycles. The Kier molecular flexibility index (Phi) is 5.85. The van der Waals surface area contributed by atoms with E-state index < -0.39 is 47.6 Å². The predicted octanol–water partition coefficient (Wildman–Crippen LogP) is 2.37. The third kappa shape index (κ3) is 3.95. The Balaban J connectivity index is 2.27. The fourth-order valence-corrected chi connectivity index (χ4v) is 2.42. The van der Waals surface area contributed by atoms with Crippen LogP contribution in [0.1, 0.15) is 41.7 Å². The van der Waals surface area contributed by atoms with Gasteiger partial charge in [0.25, 0.3) is 18.8 Å². The Hall–Kier alpha value is -2.63. The number of alkyl halides is 4. The lowest BCUT2D eigenvalue weighted by Crippen LogP contribution is -2.23. The lowest BCUT2D eigenvalue weighted by Gasteiger charge is -2.07. The Bertz CT molecular complexity index is 835. The van der Waals surface area contributed by atoms with E-state index in [2.05, 4.69) is 15.5 Å². The third-order valence-corrected chi connectivity index (χ3v) is 3.64. The average molecular weight is 397 g/mol. The number of halogens is 5. The molecule has 3 N–H and O–H groups in total. The number of nitrogens with two attached hydrogens (primary N) is 1. The predicted molar refractivity (Wildman–Crippen MR) is 82.2 cm³/mol. The molecule has 0 unspecified atom stereocenters. The van der Waals surface area contributed by atoms with Gasteiger partial charge >= 0.3 is 0 Å². The third-order valence-electron chi connectivity index (χ3n) is 3.26. The Labute approximate surface area is 148 Å². The number of aromatic nitrogens is 4. The summed E-state index contributed by atoms with van der Waals surface area (Å²) in [5.74, 6) is -1.83. The van der Waals surface area contributed by atoms with Crippen LogP contribution in [0.15, 0.2) is 6.20 Å². The molecule has 0 aliphatic carbocycles. The summed E-state index contributed by atoms with van der Waals surface area (Å²) in [7, 11) is 0. The second-order valence-corrected chi connectivity index (χ2v) is 5.38. The minimum atomic E-state index is -3.22. The van der Waals surface area contributed by atoms with Crippen LogP contribution in [-0.2, 0) is 17.9 Å². The van der Waals surface area contributed by atoms with Gasteiger partial charge in [0.15, 0.2) is 5.69 Å². The van der Waals surface area contributed by atoms with Gasteiger partial charge in [0.05, 0.1) is 10.7 Å². The molecule has 0 aromatic carbocycles. The molecule has 8 nitrogen and oxygen atoms in total. The maximum Gasteiger partial charge on any atom is 0.283 e. The van der Waals surface area contributed by atoms with Gasteiger partial charge in [-0.15, -0.1) is 0 Å². The minimum Gasteiger partial charge on any atom is -0.364 e. The number of primary amides is 1. The molecule has 2 heterocycles. The van der Waals surface area contributed by atoms with Crippen LogP contribution in [0.4, 0.5) is 23.2 Å². The smallest absolute Gasteiger partial charge is 0.283 e. The molecule has 0 aliphatic heterocycles. The van der Waals surface area contributed by atoms with Crippen LogP contribution < -0.4 is 11.1 Å². The highest BCUT2D eigenvalue weighted by Crippen LogP contribution is 2.34. The van der Waals surface area contributed by atoms with Crippen molar-refractivity contribution in [2.45, 2.75) is 32.9 Å². The van der Waals surface area contributed by atoms with E-state index in [0.717, 1.165) is 0 Å². The van der Waals surface area contributed by atoms with E-state index in [9.17, 15) is 27.2 Å². The molecule has 0 spiro atoms. The number of anilines is 1. The number of carbonyl (C=O) groups is 2. The molecule has 0 aliphatic rings. The van der Waals surface area contributed by atoms with E-state index in [-0.39, 0.29) is 11.4 Å². The molecule has 0 bridgehead atoms. The molecule has 2 amide bonds. The zero-order chi connectivity index (χ0) is 19.6. The van der Waals surface area contributed by atoms with Gasteiger partial charge in [-0.25, -0.2) is 17.6 Å². The van der Waals surface area contributed by atoms with E-state index in [0.29, 0.717) is 11.2 Å². The number of nitrogens with zero attached hydrogens (tertiary/aromatic N) is 4. The fourth-order valence-electron chi connectivity index (χ4n) is 2.12. The lowest BCUT2D eigenvalue weighted by molar-refractivity contribution is -0.117. The largest absolute Gasteiger partial charge is 0.364 e. The quantitative estimate of drug-likeness (QED) is 0.700. The monoisotopic (exact) mass is 396 g/mol. The summed E-state index contributed by atoms with van der Waals surface area (Å²) in [5, 5.41) is 8.47. The number of carbonyl (C=O) groups excluding carboxylic acids is 2. The summed E-state index contributed by atoms with van der Waals surface area (Å²) in [6.45, 7) is 1.26. The molecule has 0 saturated carbocycles. The summed E-state index contributed by atoms with van der Waals surface area (Å²) in [4.78, 5) is 23.4. The highest BCUT2D eigenvalue weighted by molar-refractivity contribution is 6.32. The van der Waals surface area contributed by atoms with Gasteiger partial charge in [0.1, 0.15) is 17.9 Å². The molecule has 0 radical (unpaired) electrons. The number of rotatable bonds is 7. The first kappa shape index (κ1) is 19.7. The molecular weight excluding hydrogens is 384 g/mol. The molecule has 2 rings (SSSR count). The number of hydrogen-bond donors (Lipinski definition) is 2. The maximum absolute atomic E-state index is 13.1. The van der Waals surface area contributed by atoms with Gasteiger partial charge < -0.3 is 11.1 Å². The van der Waals surface area contributed by atoms with Crippen LogP contribution >= 0.6 is 11.6 Å². The van der Waals surface area contributed by atoms with Crippen molar-refractivity contribution in [3.05, 3.63) is 28.3 Å². The molecule has 26 heavy (non-hydrogen) atoms. The Morgan fingerprint density at radius 1 is 1.27 bits per heavy atom. The van der Waals surface area contributed by atoms with Gasteiger partial charge in [-0.1, -0.05) is 11.6 Å². The second kappa shape index (κ2) is 7.72. The van der Waals surface area contributed by atoms with Gasteiger partial charge in [-0.3, -0.25) is 19.0 Å². The van der Waals surface area contributed by atoms with E-state index in [1.54, 1.807) is 6.92 Å². The van der Waals surface area contributed by atoms with Crippen molar-refractivity contribution in [1.82, 2.24) is 19.6 Å². The summed E-state index contributed by atoms with van der Waals surface area (Å²) < 4.78 is 53.4. The van der Waals surface area contributed by atoms with Crippen molar-refractivity contribution in [2.24, 2.45) is 5.73 Å². The summed E-state index contributed by atoms with van der Waals surface area (Å²) in [6.07, 6.45) is -5.10. The standard InChI is InChI=1S/C13H13ClF4N6O2/c1-2-23-3-5(8(21-23)13(19)26)20-6(25)4-24-10(12(17)18)7(14)9(22-24)11(15)16/h3,11-12H,2,4H2,1H3,(H2,19,26)(H,20,25). The number of amides is 2. The summed E-state index contributed by atoms with van der Waals surface area (Å²) in [5.41, 5.74) is 2.81. The second-order valence-electron chi connectivity index (χ2n) is 5.00. The van der Waals surface area contributed by atoms with Crippen LogP contribution in [0.2, 0.25) is 5.02 Å². The zero-order valence-electron chi connectivity index (χ0n) is 13.2. The van der Waals surface area contributed by atoms with Gasteiger partial charge in [0, 0.05) is 12.7 Å². The van der Waals surface area contributed by atoms with Crippen LogP contribution in [0, 0.1) is 0 Å². The Morgan fingerprint density at radius 2 is 1.92 bits per heavy atom. The number of nitrogens with one attached hydrogen (secondary N) is 1. The fraction of sp³-hybridized carbons (Fsp3) is 0.385. The van der Waals surface area contributed by atoms with E-state index in [4.69, 9.17) is 17.3 Å². The van der Waals surface area contributed by atoms with Crippen molar-refractivity contribution in [3.8, 4) is 0 Å². The van der Waals surface area contributed by atoms with Crippen LogP contribution in [-0.4, -0.2) is 31.4 Å². The first-order chi connectivity index (χ1) is 12.1. The van der Waals surface area contributed by atoms with Gasteiger partial charge in [-0.05, 0) is 6.92 Å². The molecule has 0 saturated heterocycles. The normalized spacial score (nSPS) is 11.4. The maximum atomic E-state index is 13.1. The highest BCUT2D eigenvalue weighted by Gasteiger charge is 2.29. The van der Waals surface area contributed by atoms with Crippen LogP contribution in [0.25, 0.3) is 0 Å². The first-order valence-electron chi connectivity index (χ1n) is 7.15. The van der Waals surface area contributed by atoms with Gasteiger partial charge in [0.2, 0.25) is 5.91 Å². The van der Waals surface area contributed by atoms with Crippen molar-refractivity contribution in [3.63, 3.8) is 0 Å². The van der Waals surface area contributed by atoms with Crippen molar-refractivity contribution >= 4 is 29.1 Å². The van der Waals surface area contributed by atoms with E-state index in [1.165, 1.54) is 10.9 Å². The van der Waals surface area contributed by atoms with E-state index in [1.807, 2.05) is 0 Å². The zero-order valence-corrected chi connectivity index (χ0v) is 14.0. The molecule has 13 heteroatoms. The minimum absolute atomic E-state index is 0.0460. The van der Waals surface area contributed by atoms with Gasteiger partial charge in [-0.2, -0.15) is 10.2 Å². The topological polar surface area (TPSA) is 108 Å². The van der Waals surface area contributed by atoms with Crippen molar-refractivity contribution in [2.75, 3.05) is 5.32 Å². The number of hydrogen-bond acceptors (Lipinski definition) is 4. The SMILES string of the molecule is CCn1cc(NC(=O)Cn2nc(C(F)F)c(Cl)c2C(F)F)c(C(N)=O)n1.